The first-order valence-corrected chi connectivity index (χ1v) is 5.32. The molecule has 1 aliphatic heterocycles. The van der Waals surface area contributed by atoms with Gasteiger partial charge >= 0.3 is 0 Å². The molecule has 2 rings (SSSR count). The van der Waals surface area contributed by atoms with Crippen molar-refractivity contribution < 1.29 is 9.47 Å². The number of fused-ring (bicyclic) bond motifs is 1. The Morgan fingerprint density at radius 2 is 2.13 bits per heavy atom. The summed E-state index contributed by atoms with van der Waals surface area (Å²) in [5, 5.41) is 3.18. The minimum absolute atomic E-state index is 0.352. The molecule has 82 valence electrons. The van der Waals surface area contributed by atoms with Crippen LogP contribution in [0.25, 0.3) is 0 Å². The van der Waals surface area contributed by atoms with Gasteiger partial charge in [0, 0.05) is 0 Å². The average Bonchev–Trinajstić information content (AvgIpc) is 2.65. The lowest BCUT2D eigenvalue weighted by molar-refractivity contribution is 0.174. The van der Waals surface area contributed by atoms with E-state index in [-0.39, 0.29) is 0 Å². The van der Waals surface area contributed by atoms with Crippen LogP contribution in [0.15, 0.2) is 18.2 Å². The fourth-order valence-electron chi connectivity index (χ4n) is 1.89. The van der Waals surface area contributed by atoms with Crippen molar-refractivity contribution in [1.82, 2.24) is 5.32 Å². The summed E-state index contributed by atoms with van der Waals surface area (Å²) in [5.74, 6) is 2.37. The van der Waals surface area contributed by atoms with Crippen molar-refractivity contribution in [1.29, 1.82) is 0 Å². The lowest BCUT2D eigenvalue weighted by Gasteiger charge is -2.10. The normalized spacial score (nSPS) is 15.3. The predicted octanol–water partition coefficient (Wildman–Crippen LogP) is 1.81. The molecule has 1 unspecified atom stereocenters. The van der Waals surface area contributed by atoms with Crippen molar-refractivity contribution >= 4 is 0 Å². The van der Waals surface area contributed by atoms with Crippen molar-refractivity contribution in [3.05, 3.63) is 23.8 Å². The maximum atomic E-state index is 5.34. The highest BCUT2D eigenvalue weighted by atomic mass is 16.7. The SMILES string of the molecule is CNCC(C)Cc1ccc2c(c1)OCO2. The van der Waals surface area contributed by atoms with Crippen molar-refractivity contribution in [3.8, 4) is 11.5 Å². The second-order valence-electron chi connectivity index (χ2n) is 4.05. The van der Waals surface area contributed by atoms with Gasteiger partial charge < -0.3 is 14.8 Å². The topological polar surface area (TPSA) is 30.5 Å². The third kappa shape index (κ3) is 2.42. The van der Waals surface area contributed by atoms with E-state index in [1.807, 2.05) is 13.1 Å². The Morgan fingerprint density at radius 1 is 1.33 bits per heavy atom. The minimum atomic E-state index is 0.352. The molecule has 0 amide bonds. The molecule has 1 aromatic rings. The van der Waals surface area contributed by atoms with E-state index in [0.717, 1.165) is 24.5 Å². The third-order valence-electron chi connectivity index (χ3n) is 2.57. The number of rotatable bonds is 4. The number of benzene rings is 1. The van der Waals surface area contributed by atoms with Crippen molar-refractivity contribution in [2.45, 2.75) is 13.3 Å². The molecule has 3 nitrogen and oxygen atoms in total. The summed E-state index contributed by atoms with van der Waals surface area (Å²) >= 11 is 0. The Morgan fingerprint density at radius 3 is 2.93 bits per heavy atom. The van der Waals surface area contributed by atoms with Gasteiger partial charge in [-0.05, 0) is 43.6 Å². The highest BCUT2D eigenvalue weighted by Crippen LogP contribution is 2.32. The summed E-state index contributed by atoms with van der Waals surface area (Å²) in [5.41, 5.74) is 1.31. The Labute approximate surface area is 90.4 Å². The first kappa shape index (κ1) is 10.3. The van der Waals surface area contributed by atoms with Gasteiger partial charge in [-0.3, -0.25) is 0 Å². The van der Waals surface area contributed by atoms with E-state index in [1.165, 1.54) is 5.56 Å². The molecule has 0 bridgehead atoms. The van der Waals surface area contributed by atoms with Gasteiger partial charge in [-0.2, -0.15) is 0 Å². The van der Waals surface area contributed by atoms with E-state index < -0.39 is 0 Å². The predicted molar refractivity (Wildman–Crippen MR) is 59.4 cm³/mol. The van der Waals surface area contributed by atoms with Gasteiger partial charge in [0.2, 0.25) is 6.79 Å². The van der Waals surface area contributed by atoms with Gasteiger partial charge in [0.05, 0.1) is 0 Å². The molecule has 1 heterocycles. The van der Waals surface area contributed by atoms with Crippen LogP contribution in [0.3, 0.4) is 0 Å². The highest BCUT2D eigenvalue weighted by molar-refractivity contribution is 5.44. The van der Waals surface area contributed by atoms with Gasteiger partial charge in [-0.15, -0.1) is 0 Å². The standard InChI is InChI=1S/C12H17NO2/c1-9(7-13-2)5-10-3-4-11-12(6-10)15-8-14-11/h3-4,6,9,13H,5,7-8H2,1-2H3. The maximum Gasteiger partial charge on any atom is 0.231 e. The van der Waals surface area contributed by atoms with Crippen LogP contribution in [0.2, 0.25) is 0 Å². The number of ether oxygens (including phenoxy) is 2. The molecular weight excluding hydrogens is 190 g/mol. The second kappa shape index (κ2) is 4.53. The summed E-state index contributed by atoms with van der Waals surface area (Å²) in [6, 6.07) is 6.18. The molecule has 15 heavy (non-hydrogen) atoms. The van der Waals surface area contributed by atoms with Gasteiger partial charge in [0.25, 0.3) is 0 Å². The molecule has 1 aromatic carbocycles. The Bertz CT molecular complexity index is 338. The molecule has 0 saturated carbocycles. The maximum absolute atomic E-state index is 5.34. The van der Waals surface area contributed by atoms with Crippen LogP contribution in [0.5, 0.6) is 11.5 Å². The molecule has 1 aliphatic rings. The summed E-state index contributed by atoms with van der Waals surface area (Å²) in [4.78, 5) is 0. The first-order valence-electron chi connectivity index (χ1n) is 5.32. The summed E-state index contributed by atoms with van der Waals surface area (Å²) in [7, 11) is 1.98. The quantitative estimate of drug-likeness (QED) is 0.816. The van der Waals surface area contributed by atoms with Gasteiger partial charge in [0.15, 0.2) is 11.5 Å². The van der Waals surface area contributed by atoms with Crippen molar-refractivity contribution in [2.75, 3.05) is 20.4 Å². The molecule has 0 fully saturated rings. The fraction of sp³-hybridized carbons (Fsp3) is 0.500. The molecule has 1 atom stereocenters. The number of hydrogen-bond acceptors (Lipinski definition) is 3. The van der Waals surface area contributed by atoms with Crippen LogP contribution < -0.4 is 14.8 Å². The first-order chi connectivity index (χ1) is 7.29. The molecule has 0 radical (unpaired) electrons. The van der Waals surface area contributed by atoms with Crippen molar-refractivity contribution in [2.24, 2.45) is 5.92 Å². The molecule has 3 heteroatoms. The van der Waals surface area contributed by atoms with E-state index in [0.29, 0.717) is 12.7 Å². The summed E-state index contributed by atoms with van der Waals surface area (Å²) in [6.45, 7) is 3.63. The molecule has 0 saturated heterocycles. The molecular formula is C12H17NO2. The highest BCUT2D eigenvalue weighted by Gasteiger charge is 2.13. The van der Waals surface area contributed by atoms with E-state index in [9.17, 15) is 0 Å². The van der Waals surface area contributed by atoms with Crippen LogP contribution in [0.4, 0.5) is 0 Å². The minimum Gasteiger partial charge on any atom is -0.454 e. The Hall–Kier alpha value is -1.22. The van der Waals surface area contributed by atoms with Crippen LogP contribution in [-0.4, -0.2) is 20.4 Å². The lowest BCUT2D eigenvalue weighted by Crippen LogP contribution is -2.17. The zero-order valence-electron chi connectivity index (χ0n) is 9.25. The third-order valence-corrected chi connectivity index (χ3v) is 2.57. The zero-order chi connectivity index (χ0) is 10.7. The van der Waals surface area contributed by atoms with Crippen molar-refractivity contribution in [3.63, 3.8) is 0 Å². The van der Waals surface area contributed by atoms with E-state index in [2.05, 4.69) is 24.4 Å². The van der Waals surface area contributed by atoms with Gasteiger partial charge in [0.1, 0.15) is 0 Å². The Kier molecular flexibility index (Phi) is 3.11. The Balaban J connectivity index is 2.03. The second-order valence-corrected chi connectivity index (χ2v) is 4.05. The van der Waals surface area contributed by atoms with E-state index in [1.54, 1.807) is 0 Å². The average molecular weight is 207 g/mol. The number of hydrogen-bond donors (Lipinski definition) is 1. The van der Waals surface area contributed by atoms with Gasteiger partial charge in [-0.25, -0.2) is 0 Å². The smallest absolute Gasteiger partial charge is 0.231 e. The van der Waals surface area contributed by atoms with Crippen LogP contribution in [0, 0.1) is 5.92 Å². The summed E-state index contributed by atoms with van der Waals surface area (Å²) < 4.78 is 10.6. The molecule has 0 spiro atoms. The summed E-state index contributed by atoms with van der Waals surface area (Å²) in [6.07, 6.45) is 1.07. The van der Waals surface area contributed by atoms with E-state index >= 15 is 0 Å². The van der Waals surface area contributed by atoms with Crippen LogP contribution in [0.1, 0.15) is 12.5 Å². The van der Waals surface area contributed by atoms with Crippen LogP contribution in [-0.2, 0) is 6.42 Å². The van der Waals surface area contributed by atoms with Gasteiger partial charge in [-0.1, -0.05) is 13.0 Å². The number of nitrogens with one attached hydrogen (secondary N) is 1. The largest absolute Gasteiger partial charge is 0.454 e. The van der Waals surface area contributed by atoms with E-state index in [4.69, 9.17) is 9.47 Å². The zero-order valence-corrected chi connectivity index (χ0v) is 9.25. The fourth-order valence-corrected chi connectivity index (χ4v) is 1.89. The molecule has 1 N–H and O–H groups in total. The van der Waals surface area contributed by atoms with Crippen LogP contribution >= 0.6 is 0 Å². The monoisotopic (exact) mass is 207 g/mol. The molecule has 0 aliphatic carbocycles. The lowest BCUT2D eigenvalue weighted by atomic mass is 10.0. The molecule has 0 aromatic heterocycles.